The molecular formula is C18H38OSn. The van der Waals surface area contributed by atoms with Crippen LogP contribution in [0.2, 0.25) is 17.2 Å². The van der Waals surface area contributed by atoms with Gasteiger partial charge in [-0.1, -0.05) is 0 Å². The molecule has 0 aromatic carbocycles. The van der Waals surface area contributed by atoms with Gasteiger partial charge in [-0.25, -0.2) is 0 Å². The molecular weight excluding hydrogens is 351 g/mol. The molecule has 0 saturated heterocycles. The summed E-state index contributed by atoms with van der Waals surface area (Å²) >= 11 is -2.04. The van der Waals surface area contributed by atoms with Crippen molar-refractivity contribution in [2.45, 2.75) is 90.4 Å². The number of unbranched alkanes of at least 4 members (excludes halogenated alkanes) is 3. The molecule has 0 aliphatic carbocycles. The van der Waals surface area contributed by atoms with Crippen LogP contribution in [0.5, 0.6) is 0 Å². The molecule has 2 heteroatoms. The fraction of sp³-hybridized carbons (Fsp3) is 0.889. The monoisotopic (exact) mass is 390 g/mol. The summed E-state index contributed by atoms with van der Waals surface area (Å²) in [6, 6.07) is 0. The van der Waals surface area contributed by atoms with Gasteiger partial charge in [0.1, 0.15) is 0 Å². The van der Waals surface area contributed by atoms with Gasteiger partial charge in [-0.2, -0.15) is 0 Å². The summed E-state index contributed by atoms with van der Waals surface area (Å²) in [6.07, 6.45) is 12.8. The average Bonchev–Trinajstić information content (AvgIpc) is 2.47. The quantitative estimate of drug-likeness (QED) is 0.249. The molecule has 0 bridgehead atoms. The molecule has 0 radical (unpaired) electrons. The minimum absolute atomic E-state index is 0.796. The molecule has 0 rings (SSSR count). The van der Waals surface area contributed by atoms with E-state index in [1.807, 2.05) is 6.26 Å². The molecule has 120 valence electrons. The van der Waals surface area contributed by atoms with E-state index in [4.69, 9.17) is 4.74 Å². The van der Waals surface area contributed by atoms with Crippen molar-refractivity contribution in [1.29, 1.82) is 0 Å². The molecule has 0 aliphatic heterocycles. The second kappa shape index (κ2) is 13.0. The molecule has 1 unspecified atom stereocenters. The van der Waals surface area contributed by atoms with Gasteiger partial charge in [0.15, 0.2) is 0 Å². The summed E-state index contributed by atoms with van der Waals surface area (Å²) in [5.74, 6) is 0. The van der Waals surface area contributed by atoms with Crippen LogP contribution in [0.25, 0.3) is 0 Å². The number of hydrogen-bond donors (Lipinski definition) is 0. The topological polar surface area (TPSA) is 9.23 Å². The zero-order valence-corrected chi connectivity index (χ0v) is 17.6. The summed E-state index contributed by atoms with van der Waals surface area (Å²) in [6.45, 7) is 12.4. The van der Waals surface area contributed by atoms with E-state index in [-0.39, 0.29) is 0 Å². The van der Waals surface area contributed by atoms with Crippen molar-refractivity contribution in [3.63, 3.8) is 0 Å². The normalized spacial score (nSPS) is 13.8. The molecule has 0 amide bonds. The summed E-state index contributed by atoms with van der Waals surface area (Å²) < 4.78 is 11.1. The molecule has 20 heavy (non-hydrogen) atoms. The van der Waals surface area contributed by atoms with Crippen molar-refractivity contribution in [2.75, 3.05) is 6.61 Å². The number of allylic oxidation sites excluding steroid dienone is 1. The van der Waals surface area contributed by atoms with E-state index in [9.17, 15) is 0 Å². The van der Waals surface area contributed by atoms with Crippen LogP contribution in [-0.4, -0.2) is 25.0 Å². The first-order valence-corrected chi connectivity index (χ1v) is 16.6. The van der Waals surface area contributed by atoms with Crippen LogP contribution in [0.4, 0.5) is 0 Å². The van der Waals surface area contributed by atoms with E-state index in [0.29, 0.717) is 0 Å². The molecule has 0 saturated carbocycles. The van der Waals surface area contributed by atoms with Gasteiger partial charge in [0.05, 0.1) is 0 Å². The summed E-state index contributed by atoms with van der Waals surface area (Å²) in [7, 11) is 0. The third-order valence-electron chi connectivity index (χ3n) is 4.68. The summed E-state index contributed by atoms with van der Waals surface area (Å²) in [5, 5.41) is 0. The molecule has 0 aliphatic rings. The molecule has 0 aromatic rings. The summed E-state index contributed by atoms with van der Waals surface area (Å²) in [5.41, 5.74) is 0. The van der Waals surface area contributed by atoms with Gasteiger partial charge in [-0.15, -0.1) is 0 Å². The van der Waals surface area contributed by atoms with Gasteiger partial charge in [-0.3, -0.25) is 0 Å². The van der Waals surface area contributed by atoms with Gasteiger partial charge in [0.2, 0.25) is 0 Å². The van der Waals surface area contributed by atoms with Crippen molar-refractivity contribution in [3.8, 4) is 0 Å². The predicted molar refractivity (Wildman–Crippen MR) is 95.1 cm³/mol. The molecule has 0 N–H and O–H groups in total. The molecule has 0 spiro atoms. The van der Waals surface area contributed by atoms with Crippen LogP contribution in [-0.2, 0) is 4.74 Å². The third-order valence-corrected chi connectivity index (χ3v) is 22.3. The Hall–Kier alpha value is 0.339. The Morgan fingerprint density at radius 3 is 1.65 bits per heavy atom. The van der Waals surface area contributed by atoms with E-state index < -0.39 is 18.4 Å². The molecule has 0 fully saturated rings. The number of hydrogen-bond acceptors (Lipinski definition) is 1. The Kier molecular flexibility index (Phi) is 13.3. The van der Waals surface area contributed by atoms with E-state index >= 15 is 0 Å². The molecule has 0 heterocycles. The Morgan fingerprint density at radius 2 is 1.30 bits per heavy atom. The minimum atomic E-state index is -2.04. The Labute approximate surface area is 132 Å². The Balaban J connectivity index is 4.89. The first kappa shape index (κ1) is 20.3. The van der Waals surface area contributed by atoms with E-state index in [2.05, 4.69) is 40.7 Å². The van der Waals surface area contributed by atoms with E-state index in [1.54, 1.807) is 13.3 Å². The number of rotatable bonds is 13. The van der Waals surface area contributed by atoms with Crippen molar-refractivity contribution in [1.82, 2.24) is 0 Å². The maximum absolute atomic E-state index is 5.47. The van der Waals surface area contributed by atoms with Gasteiger partial charge >= 0.3 is 132 Å². The molecule has 1 nitrogen and oxygen atoms in total. The zero-order valence-electron chi connectivity index (χ0n) is 14.7. The Morgan fingerprint density at radius 1 is 0.850 bits per heavy atom. The van der Waals surface area contributed by atoms with Crippen LogP contribution < -0.4 is 0 Å². The van der Waals surface area contributed by atoms with Gasteiger partial charge < -0.3 is 0 Å². The van der Waals surface area contributed by atoms with Crippen molar-refractivity contribution in [2.24, 2.45) is 0 Å². The van der Waals surface area contributed by atoms with Crippen molar-refractivity contribution in [3.05, 3.63) is 12.3 Å². The van der Waals surface area contributed by atoms with Gasteiger partial charge in [0, 0.05) is 0 Å². The van der Waals surface area contributed by atoms with Gasteiger partial charge in [0.25, 0.3) is 0 Å². The molecule has 0 aromatic heterocycles. The third kappa shape index (κ3) is 7.95. The van der Waals surface area contributed by atoms with Crippen LogP contribution in [0, 0.1) is 0 Å². The fourth-order valence-corrected chi connectivity index (χ4v) is 19.6. The average molecular weight is 389 g/mol. The fourth-order valence-electron chi connectivity index (χ4n) is 3.12. The maximum atomic E-state index is 5.47. The molecule has 1 atom stereocenters. The summed E-state index contributed by atoms with van der Waals surface area (Å²) in [4.78, 5) is 0. The van der Waals surface area contributed by atoms with E-state index in [0.717, 1.165) is 10.5 Å². The second-order valence-electron chi connectivity index (χ2n) is 6.25. The van der Waals surface area contributed by atoms with Crippen LogP contribution in [0.3, 0.4) is 0 Å². The number of ether oxygens (including phenoxy) is 1. The van der Waals surface area contributed by atoms with Gasteiger partial charge in [-0.05, 0) is 0 Å². The second-order valence-corrected chi connectivity index (χ2v) is 20.9. The van der Waals surface area contributed by atoms with Crippen LogP contribution in [0.1, 0.15) is 73.1 Å². The Bertz CT molecular complexity index is 216. The van der Waals surface area contributed by atoms with Crippen LogP contribution in [0.15, 0.2) is 12.3 Å². The zero-order chi connectivity index (χ0) is 15.3. The van der Waals surface area contributed by atoms with E-state index in [1.165, 1.54) is 38.5 Å². The van der Waals surface area contributed by atoms with Crippen molar-refractivity contribution >= 4 is 18.4 Å². The predicted octanol–water partition coefficient (Wildman–Crippen LogP) is 6.78. The first-order chi connectivity index (χ1) is 9.66. The van der Waals surface area contributed by atoms with Crippen molar-refractivity contribution < 1.29 is 4.74 Å². The standard InChI is InChI=1S/C6H11O.3C4H9.Sn/c1-3-5-6-7-4-2;3*1-3-4-2;/h3,5-6H,4H2,1-2H3;3*1,3-4H2,2H3;/b6-5-;;;;. The first-order valence-electron chi connectivity index (χ1n) is 8.95. The van der Waals surface area contributed by atoms with Crippen LogP contribution >= 0.6 is 0 Å². The SMILES string of the molecule is CCC[CH2][Sn]([CH2]CCC)([CH2]CCC)[CH](C)/C=C\OCC.